The number of hydrogen-bond acceptors (Lipinski definition) is 3. The highest BCUT2D eigenvalue weighted by Crippen LogP contribution is 2.23. The summed E-state index contributed by atoms with van der Waals surface area (Å²) in [7, 11) is 5.16. The van der Waals surface area contributed by atoms with E-state index in [1.165, 1.54) is 0 Å². The van der Waals surface area contributed by atoms with Crippen molar-refractivity contribution in [1.82, 2.24) is 0 Å². The molecule has 0 aromatic heterocycles. The molecule has 0 spiro atoms. The molecule has 1 rings (SSSR count). The second-order valence-corrected chi connectivity index (χ2v) is 4.32. The average Bonchev–Trinajstić information content (AvgIpc) is 2.37. The largest absolute Gasteiger partial charge is 0.497 e. The van der Waals surface area contributed by atoms with E-state index in [9.17, 15) is 4.79 Å². The summed E-state index contributed by atoms with van der Waals surface area (Å²) in [6, 6.07) is 5.41. The van der Waals surface area contributed by atoms with E-state index in [0.29, 0.717) is 6.54 Å². The van der Waals surface area contributed by atoms with Crippen LogP contribution >= 0.6 is 0 Å². The fourth-order valence-electron chi connectivity index (χ4n) is 1.69. The lowest BCUT2D eigenvalue weighted by atomic mass is 10.1. The van der Waals surface area contributed by atoms with Gasteiger partial charge in [-0.25, -0.2) is 0 Å². The summed E-state index contributed by atoms with van der Waals surface area (Å²) < 4.78 is 10.5. The topological polar surface area (TPSA) is 66.0 Å². The van der Waals surface area contributed by atoms with Crippen molar-refractivity contribution in [1.29, 1.82) is 0 Å². The summed E-state index contributed by atoms with van der Waals surface area (Å²) in [5.41, 5.74) is 6.31. The molecule has 2 atom stereocenters. The maximum atomic E-state index is 11.1. The lowest BCUT2D eigenvalue weighted by Crippen LogP contribution is -3.12. The third-order valence-electron chi connectivity index (χ3n) is 3.13. The summed E-state index contributed by atoms with van der Waals surface area (Å²) in [6.45, 7) is 2.48. The van der Waals surface area contributed by atoms with E-state index in [0.717, 1.165) is 22.0 Å². The Morgan fingerprint density at radius 3 is 2.56 bits per heavy atom. The molecule has 0 saturated carbocycles. The smallest absolute Gasteiger partial charge is 0.275 e. The molecule has 1 aromatic rings. The minimum Gasteiger partial charge on any atom is -0.497 e. The third-order valence-corrected chi connectivity index (χ3v) is 3.13. The third kappa shape index (κ3) is 3.37. The molecule has 0 aliphatic carbocycles. The van der Waals surface area contributed by atoms with Crippen LogP contribution in [0.1, 0.15) is 12.5 Å². The predicted octanol–water partition coefficient (Wildman–Crippen LogP) is -0.408. The van der Waals surface area contributed by atoms with Crippen molar-refractivity contribution in [3.63, 3.8) is 0 Å². The molecular formula is C13H21N2O3+. The number of carbonyl (C=O) groups excluding carboxylic acids is 1. The Balaban J connectivity index is 2.87. The normalized spacial score (nSPS) is 13.8. The van der Waals surface area contributed by atoms with Gasteiger partial charge >= 0.3 is 0 Å². The summed E-state index contributed by atoms with van der Waals surface area (Å²) in [6.07, 6.45) is 0. The van der Waals surface area contributed by atoms with Crippen molar-refractivity contribution < 1.29 is 19.2 Å². The first-order chi connectivity index (χ1) is 8.49. The van der Waals surface area contributed by atoms with E-state index in [-0.39, 0.29) is 11.9 Å². The van der Waals surface area contributed by atoms with Crippen molar-refractivity contribution in [2.45, 2.75) is 19.5 Å². The van der Waals surface area contributed by atoms with Crippen molar-refractivity contribution in [3.8, 4) is 11.5 Å². The zero-order chi connectivity index (χ0) is 13.7. The number of primary amides is 1. The molecule has 5 heteroatoms. The maximum Gasteiger partial charge on any atom is 0.275 e. The Morgan fingerprint density at radius 1 is 1.39 bits per heavy atom. The molecule has 1 amide bonds. The van der Waals surface area contributed by atoms with Crippen molar-refractivity contribution in [3.05, 3.63) is 23.8 Å². The van der Waals surface area contributed by atoms with Crippen molar-refractivity contribution in [2.75, 3.05) is 21.3 Å². The van der Waals surface area contributed by atoms with Gasteiger partial charge in [0.25, 0.3) is 5.91 Å². The highest BCUT2D eigenvalue weighted by molar-refractivity contribution is 5.77. The molecule has 100 valence electrons. The number of rotatable bonds is 6. The van der Waals surface area contributed by atoms with Crippen LogP contribution in [0.3, 0.4) is 0 Å². The quantitative estimate of drug-likeness (QED) is 0.724. The molecular weight excluding hydrogens is 232 g/mol. The van der Waals surface area contributed by atoms with Gasteiger partial charge < -0.3 is 20.1 Å². The van der Waals surface area contributed by atoms with Gasteiger partial charge in [0, 0.05) is 11.6 Å². The molecule has 0 saturated heterocycles. The van der Waals surface area contributed by atoms with E-state index < -0.39 is 0 Å². The number of hydrogen-bond donors (Lipinski definition) is 2. The SMILES string of the molecule is COc1ccc(C[NH+](C)[C@H](C)C(N)=O)c(OC)c1. The van der Waals surface area contributed by atoms with Gasteiger partial charge in [0.1, 0.15) is 18.0 Å². The van der Waals surface area contributed by atoms with Gasteiger partial charge in [-0.1, -0.05) is 0 Å². The first-order valence-corrected chi connectivity index (χ1v) is 5.82. The van der Waals surface area contributed by atoms with Gasteiger partial charge in [-0.05, 0) is 19.1 Å². The number of nitrogens with one attached hydrogen (secondary N) is 1. The van der Waals surface area contributed by atoms with Gasteiger partial charge in [-0.2, -0.15) is 0 Å². The molecule has 0 bridgehead atoms. The molecule has 0 aliphatic rings. The highest BCUT2D eigenvalue weighted by Gasteiger charge is 2.20. The molecule has 5 nitrogen and oxygen atoms in total. The number of carbonyl (C=O) groups is 1. The molecule has 18 heavy (non-hydrogen) atoms. The Kier molecular flexibility index (Phi) is 4.97. The number of amides is 1. The molecule has 1 unspecified atom stereocenters. The number of ether oxygens (including phenoxy) is 2. The van der Waals surface area contributed by atoms with E-state index in [1.807, 2.05) is 32.2 Å². The highest BCUT2D eigenvalue weighted by atomic mass is 16.5. The van der Waals surface area contributed by atoms with Gasteiger partial charge in [0.2, 0.25) is 0 Å². The first-order valence-electron chi connectivity index (χ1n) is 5.82. The Labute approximate surface area is 107 Å². The van der Waals surface area contributed by atoms with Crippen LogP contribution in [0, 0.1) is 0 Å². The van der Waals surface area contributed by atoms with Gasteiger partial charge in [0.05, 0.1) is 21.3 Å². The summed E-state index contributed by atoms with van der Waals surface area (Å²) in [5, 5.41) is 0. The van der Waals surface area contributed by atoms with Crippen molar-refractivity contribution in [2.24, 2.45) is 5.73 Å². The van der Waals surface area contributed by atoms with Crippen LogP contribution in [0.5, 0.6) is 11.5 Å². The van der Waals surface area contributed by atoms with Crippen LogP contribution in [-0.4, -0.2) is 33.2 Å². The van der Waals surface area contributed by atoms with E-state index in [4.69, 9.17) is 15.2 Å². The van der Waals surface area contributed by atoms with Gasteiger partial charge in [-0.3, -0.25) is 4.79 Å². The van der Waals surface area contributed by atoms with E-state index in [2.05, 4.69) is 0 Å². The van der Waals surface area contributed by atoms with Gasteiger partial charge in [0.15, 0.2) is 6.04 Å². The molecule has 0 radical (unpaired) electrons. The second-order valence-electron chi connectivity index (χ2n) is 4.32. The Hall–Kier alpha value is -1.75. The van der Waals surface area contributed by atoms with Crippen LogP contribution < -0.4 is 20.1 Å². The van der Waals surface area contributed by atoms with Crippen molar-refractivity contribution >= 4 is 5.91 Å². The molecule has 1 aromatic carbocycles. The summed E-state index contributed by atoms with van der Waals surface area (Å²) in [4.78, 5) is 12.2. The lowest BCUT2D eigenvalue weighted by molar-refractivity contribution is -0.908. The van der Waals surface area contributed by atoms with Crippen LogP contribution in [0.2, 0.25) is 0 Å². The zero-order valence-corrected chi connectivity index (χ0v) is 11.3. The van der Waals surface area contributed by atoms with E-state index in [1.54, 1.807) is 14.2 Å². The Bertz CT molecular complexity index is 421. The second kappa shape index (κ2) is 6.26. The number of methoxy groups -OCH3 is 2. The number of quaternary nitrogens is 1. The van der Waals surface area contributed by atoms with Gasteiger partial charge in [-0.15, -0.1) is 0 Å². The number of likely N-dealkylation sites (N-methyl/N-ethyl adjacent to an activating group) is 1. The minimum atomic E-state index is -0.306. The monoisotopic (exact) mass is 253 g/mol. The maximum absolute atomic E-state index is 11.1. The minimum absolute atomic E-state index is 0.239. The summed E-state index contributed by atoms with van der Waals surface area (Å²) >= 11 is 0. The first kappa shape index (κ1) is 14.3. The molecule has 0 fully saturated rings. The summed E-state index contributed by atoms with van der Waals surface area (Å²) in [5.74, 6) is 1.20. The van der Waals surface area contributed by atoms with Crippen LogP contribution in [0.4, 0.5) is 0 Å². The van der Waals surface area contributed by atoms with Crippen LogP contribution in [0.15, 0.2) is 18.2 Å². The fraction of sp³-hybridized carbons (Fsp3) is 0.462. The molecule has 0 heterocycles. The number of nitrogens with two attached hydrogens (primary N) is 1. The predicted molar refractivity (Wildman–Crippen MR) is 68.8 cm³/mol. The standard InChI is InChI=1S/C13H20N2O3/c1-9(13(14)16)15(2)8-10-5-6-11(17-3)7-12(10)18-4/h5-7,9H,8H2,1-4H3,(H2,14,16)/p+1/t9-/m1/s1. The zero-order valence-electron chi connectivity index (χ0n) is 11.3. The van der Waals surface area contributed by atoms with E-state index >= 15 is 0 Å². The molecule has 3 N–H and O–H groups in total. The van der Waals surface area contributed by atoms with Crippen LogP contribution in [0.25, 0.3) is 0 Å². The average molecular weight is 253 g/mol. The fourth-order valence-corrected chi connectivity index (χ4v) is 1.69. The lowest BCUT2D eigenvalue weighted by Gasteiger charge is -2.20. The van der Waals surface area contributed by atoms with Crippen LogP contribution in [-0.2, 0) is 11.3 Å². The molecule has 0 aliphatic heterocycles. The Morgan fingerprint density at radius 2 is 2.06 bits per heavy atom. The number of benzene rings is 1.